The zero-order valence-electron chi connectivity index (χ0n) is 18.3. The van der Waals surface area contributed by atoms with Gasteiger partial charge in [0.15, 0.2) is 0 Å². The molecular formula is C23H28ClN5O3. The second-order valence-electron chi connectivity index (χ2n) is 9.23. The first-order valence-corrected chi connectivity index (χ1v) is 11.7. The summed E-state index contributed by atoms with van der Waals surface area (Å²) in [4.78, 5) is 36.1. The number of likely N-dealkylation sites (tertiary alicyclic amines) is 1. The summed E-state index contributed by atoms with van der Waals surface area (Å²) in [5, 5.41) is 4.79. The Morgan fingerprint density at radius 3 is 2.47 bits per heavy atom. The Labute approximate surface area is 192 Å². The van der Waals surface area contributed by atoms with E-state index in [1.165, 1.54) is 4.90 Å². The van der Waals surface area contributed by atoms with Crippen LogP contribution in [0.2, 0.25) is 5.02 Å². The maximum Gasteiger partial charge on any atom is 0.244 e. The molecule has 170 valence electrons. The van der Waals surface area contributed by atoms with E-state index in [9.17, 15) is 9.59 Å². The topological polar surface area (TPSA) is 82.8 Å². The highest BCUT2D eigenvalue weighted by Crippen LogP contribution is 2.46. The van der Waals surface area contributed by atoms with Crippen molar-refractivity contribution in [3.05, 3.63) is 35.2 Å². The van der Waals surface area contributed by atoms with Gasteiger partial charge in [0.1, 0.15) is 0 Å². The van der Waals surface area contributed by atoms with Gasteiger partial charge in [-0.2, -0.15) is 4.98 Å². The van der Waals surface area contributed by atoms with Crippen molar-refractivity contribution in [2.75, 3.05) is 32.8 Å². The number of imide groups is 1. The Morgan fingerprint density at radius 1 is 1.09 bits per heavy atom. The summed E-state index contributed by atoms with van der Waals surface area (Å²) in [7, 11) is 0. The van der Waals surface area contributed by atoms with Gasteiger partial charge in [0.2, 0.25) is 23.5 Å². The molecule has 0 unspecified atom stereocenters. The number of benzene rings is 1. The Bertz CT molecular complexity index is 993. The van der Waals surface area contributed by atoms with Gasteiger partial charge >= 0.3 is 0 Å². The van der Waals surface area contributed by atoms with Gasteiger partial charge in [0.05, 0.1) is 18.1 Å². The highest BCUT2D eigenvalue weighted by Gasteiger charge is 2.52. The summed E-state index contributed by atoms with van der Waals surface area (Å²) in [6, 6.07) is 7.34. The first-order chi connectivity index (χ1) is 15.4. The van der Waals surface area contributed by atoms with Gasteiger partial charge in [-0.3, -0.25) is 24.3 Å². The maximum absolute atomic E-state index is 12.9. The van der Waals surface area contributed by atoms with Gasteiger partial charge in [-0.15, -0.1) is 0 Å². The molecule has 5 rings (SSSR count). The minimum absolute atomic E-state index is 0.00622. The predicted octanol–water partition coefficient (Wildman–Crippen LogP) is 3.35. The minimum atomic E-state index is -0.396. The fraction of sp³-hybridized carbons (Fsp3) is 0.565. The molecule has 9 heteroatoms. The van der Waals surface area contributed by atoms with E-state index in [0.717, 1.165) is 57.4 Å². The summed E-state index contributed by atoms with van der Waals surface area (Å²) in [5.74, 6) is 1.18. The van der Waals surface area contributed by atoms with Gasteiger partial charge in [-0.1, -0.05) is 29.6 Å². The SMILES string of the molecule is C[C@@H](c1nc(-c2ccc(Cl)cc2)no1)N1CCN(CN2C(=O)CC3(CCCC3)C2=O)CC1. The summed E-state index contributed by atoms with van der Waals surface area (Å²) in [6.07, 6.45) is 4.23. The molecule has 2 aliphatic heterocycles. The molecule has 1 aromatic carbocycles. The van der Waals surface area contributed by atoms with Crippen molar-refractivity contribution in [1.29, 1.82) is 0 Å². The van der Waals surface area contributed by atoms with Gasteiger partial charge in [-0.05, 0) is 44.0 Å². The van der Waals surface area contributed by atoms with E-state index in [1.54, 1.807) is 12.1 Å². The zero-order chi connectivity index (χ0) is 22.3. The fourth-order valence-electron chi connectivity index (χ4n) is 5.21. The molecular weight excluding hydrogens is 430 g/mol. The van der Waals surface area contributed by atoms with E-state index >= 15 is 0 Å². The van der Waals surface area contributed by atoms with Gasteiger partial charge in [0.25, 0.3) is 0 Å². The molecule has 32 heavy (non-hydrogen) atoms. The molecule has 1 aliphatic carbocycles. The number of carbonyl (C=O) groups is 2. The molecule has 8 nitrogen and oxygen atoms in total. The lowest BCUT2D eigenvalue weighted by Crippen LogP contribution is -2.51. The van der Waals surface area contributed by atoms with E-state index in [1.807, 2.05) is 12.1 Å². The fourth-order valence-corrected chi connectivity index (χ4v) is 5.34. The van der Waals surface area contributed by atoms with Crippen molar-refractivity contribution in [1.82, 2.24) is 24.8 Å². The molecule has 1 aromatic heterocycles. The Morgan fingerprint density at radius 2 is 1.78 bits per heavy atom. The molecule has 3 fully saturated rings. The van der Waals surface area contributed by atoms with E-state index in [0.29, 0.717) is 29.8 Å². The van der Waals surface area contributed by atoms with Crippen LogP contribution in [-0.4, -0.2) is 69.5 Å². The number of rotatable bonds is 5. The van der Waals surface area contributed by atoms with Crippen molar-refractivity contribution >= 4 is 23.4 Å². The van der Waals surface area contributed by atoms with Crippen LogP contribution in [0.4, 0.5) is 0 Å². The molecule has 0 bridgehead atoms. The summed E-state index contributed by atoms with van der Waals surface area (Å²) in [6.45, 7) is 5.65. The van der Waals surface area contributed by atoms with Crippen LogP contribution in [0, 0.1) is 5.41 Å². The number of nitrogens with zero attached hydrogens (tertiary/aromatic N) is 5. The molecule has 0 N–H and O–H groups in total. The number of hydrogen-bond donors (Lipinski definition) is 0. The minimum Gasteiger partial charge on any atom is -0.337 e. The standard InChI is InChI=1S/C23H28ClN5O3/c1-16(21-25-20(26-32-21)17-4-6-18(24)7-5-17)28-12-10-27(11-13-28)15-29-19(30)14-23(22(29)31)8-2-3-9-23/h4-7,16H,2-3,8-15H2,1H3/t16-/m0/s1. The van der Waals surface area contributed by atoms with Crippen LogP contribution in [0.25, 0.3) is 11.4 Å². The average molecular weight is 458 g/mol. The lowest BCUT2D eigenvalue weighted by molar-refractivity contribution is -0.144. The van der Waals surface area contributed by atoms with Crippen LogP contribution < -0.4 is 0 Å². The van der Waals surface area contributed by atoms with Crippen LogP contribution in [-0.2, 0) is 9.59 Å². The van der Waals surface area contributed by atoms with E-state index < -0.39 is 5.41 Å². The normalized spacial score (nSPS) is 22.9. The molecule has 3 heterocycles. The third-order valence-corrected chi connectivity index (χ3v) is 7.50. The van der Waals surface area contributed by atoms with E-state index in [2.05, 4.69) is 26.9 Å². The number of aromatic nitrogens is 2. The molecule has 1 saturated carbocycles. The smallest absolute Gasteiger partial charge is 0.244 e. The van der Waals surface area contributed by atoms with E-state index in [-0.39, 0.29) is 17.9 Å². The third kappa shape index (κ3) is 3.95. The third-order valence-electron chi connectivity index (χ3n) is 7.25. The molecule has 3 aliphatic rings. The molecule has 1 spiro atoms. The molecule has 2 saturated heterocycles. The Hall–Kier alpha value is -2.29. The number of carbonyl (C=O) groups excluding carboxylic acids is 2. The van der Waals surface area contributed by atoms with Crippen LogP contribution in [0.1, 0.15) is 51.0 Å². The van der Waals surface area contributed by atoms with Crippen molar-refractivity contribution < 1.29 is 14.1 Å². The first-order valence-electron chi connectivity index (χ1n) is 11.4. The number of amides is 2. The second-order valence-corrected chi connectivity index (χ2v) is 9.66. The summed E-state index contributed by atoms with van der Waals surface area (Å²) in [5.41, 5.74) is 0.467. The van der Waals surface area contributed by atoms with Crippen molar-refractivity contribution in [3.8, 4) is 11.4 Å². The molecule has 2 aromatic rings. The molecule has 0 radical (unpaired) electrons. The summed E-state index contributed by atoms with van der Waals surface area (Å²) >= 11 is 5.95. The number of halogens is 1. The van der Waals surface area contributed by atoms with E-state index in [4.69, 9.17) is 16.1 Å². The largest absolute Gasteiger partial charge is 0.337 e. The second kappa shape index (κ2) is 8.57. The molecule has 1 atom stereocenters. The van der Waals surface area contributed by atoms with Crippen molar-refractivity contribution in [2.45, 2.75) is 45.1 Å². The highest BCUT2D eigenvalue weighted by atomic mass is 35.5. The summed E-state index contributed by atoms with van der Waals surface area (Å²) < 4.78 is 5.53. The van der Waals surface area contributed by atoms with Crippen LogP contribution in [0.5, 0.6) is 0 Å². The Balaban J connectivity index is 1.17. The maximum atomic E-state index is 12.9. The predicted molar refractivity (Wildman–Crippen MR) is 119 cm³/mol. The van der Waals surface area contributed by atoms with Crippen LogP contribution >= 0.6 is 11.6 Å². The van der Waals surface area contributed by atoms with Gasteiger partial charge in [-0.25, -0.2) is 0 Å². The van der Waals surface area contributed by atoms with Gasteiger partial charge in [0, 0.05) is 43.2 Å². The lowest BCUT2D eigenvalue weighted by atomic mass is 9.85. The van der Waals surface area contributed by atoms with Crippen molar-refractivity contribution in [3.63, 3.8) is 0 Å². The van der Waals surface area contributed by atoms with Crippen LogP contribution in [0.15, 0.2) is 28.8 Å². The number of hydrogen-bond acceptors (Lipinski definition) is 7. The highest BCUT2D eigenvalue weighted by molar-refractivity contribution is 6.30. The monoisotopic (exact) mass is 457 g/mol. The number of piperazine rings is 1. The Kier molecular flexibility index (Phi) is 5.77. The first kappa shape index (κ1) is 21.6. The average Bonchev–Trinajstić information content (AvgIpc) is 3.52. The zero-order valence-corrected chi connectivity index (χ0v) is 19.1. The van der Waals surface area contributed by atoms with Gasteiger partial charge < -0.3 is 4.52 Å². The lowest BCUT2D eigenvalue weighted by Gasteiger charge is -2.38. The van der Waals surface area contributed by atoms with Crippen molar-refractivity contribution in [2.24, 2.45) is 5.41 Å². The quantitative estimate of drug-likeness (QED) is 0.636. The van der Waals surface area contributed by atoms with Crippen LogP contribution in [0.3, 0.4) is 0 Å². The molecule has 2 amide bonds.